The molecule has 1 heterocycles. The van der Waals surface area contributed by atoms with Crippen LogP contribution in [0.2, 0.25) is 0 Å². The van der Waals surface area contributed by atoms with Crippen molar-refractivity contribution >= 4 is 0 Å². The van der Waals surface area contributed by atoms with Crippen molar-refractivity contribution in [1.82, 2.24) is 0 Å². The number of aliphatic hydroxyl groups is 1. The molecule has 0 aromatic heterocycles. The Kier molecular flexibility index (Phi) is 2.61. The van der Waals surface area contributed by atoms with Crippen LogP contribution in [0.3, 0.4) is 0 Å². The van der Waals surface area contributed by atoms with E-state index in [4.69, 9.17) is 4.74 Å². The highest BCUT2D eigenvalue weighted by atomic mass is 16.5. The second kappa shape index (κ2) is 3.58. The van der Waals surface area contributed by atoms with Gasteiger partial charge >= 0.3 is 0 Å². The predicted octanol–water partition coefficient (Wildman–Crippen LogP) is 2.11. The Morgan fingerprint density at radius 2 is 2.31 bits per heavy atom. The van der Waals surface area contributed by atoms with E-state index in [-0.39, 0.29) is 5.60 Å². The van der Waals surface area contributed by atoms with Gasteiger partial charge in [-0.1, -0.05) is 6.92 Å². The zero-order valence-electron chi connectivity index (χ0n) is 8.46. The van der Waals surface area contributed by atoms with Crippen molar-refractivity contribution in [3.63, 3.8) is 0 Å². The van der Waals surface area contributed by atoms with Gasteiger partial charge in [0.05, 0.1) is 11.7 Å². The third kappa shape index (κ3) is 1.89. The lowest BCUT2D eigenvalue weighted by Gasteiger charge is -2.44. The van der Waals surface area contributed by atoms with Gasteiger partial charge in [0.25, 0.3) is 0 Å². The summed E-state index contributed by atoms with van der Waals surface area (Å²) in [5.74, 6) is 0.508. The lowest BCUT2D eigenvalue weighted by Crippen LogP contribution is -2.45. The first kappa shape index (κ1) is 9.47. The van der Waals surface area contributed by atoms with Crippen LogP contribution in [0.5, 0.6) is 0 Å². The van der Waals surface area contributed by atoms with Crippen LogP contribution in [0, 0.1) is 5.92 Å². The normalized spacial score (nSPS) is 44.8. The van der Waals surface area contributed by atoms with Crippen molar-refractivity contribution < 1.29 is 9.84 Å². The summed E-state index contributed by atoms with van der Waals surface area (Å²) in [4.78, 5) is 0. The molecule has 13 heavy (non-hydrogen) atoms. The quantitative estimate of drug-likeness (QED) is 0.728. The Hall–Kier alpha value is -0.0800. The average Bonchev–Trinajstić information content (AvgIpc) is 2.64. The Balaban J connectivity index is 1.72. The van der Waals surface area contributed by atoms with E-state index in [1.54, 1.807) is 0 Å². The van der Waals surface area contributed by atoms with Gasteiger partial charge in [0, 0.05) is 6.61 Å². The lowest BCUT2D eigenvalue weighted by molar-refractivity contribution is -0.0990. The smallest absolute Gasteiger partial charge is 0.0674 e. The van der Waals surface area contributed by atoms with Crippen LogP contribution in [0.25, 0.3) is 0 Å². The Morgan fingerprint density at radius 1 is 1.46 bits per heavy atom. The fourth-order valence-electron chi connectivity index (χ4n) is 2.42. The van der Waals surface area contributed by atoms with E-state index in [0.29, 0.717) is 12.0 Å². The molecule has 0 bridgehead atoms. The molecule has 2 rings (SSSR count). The second-order valence-corrected chi connectivity index (χ2v) is 4.72. The minimum absolute atomic E-state index is 0.341. The summed E-state index contributed by atoms with van der Waals surface area (Å²) >= 11 is 0. The van der Waals surface area contributed by atoms with Crippen molar-refractivity contribution in [2.45, 2.75) is 57.2 Å². The van der Waals surface area contributed by atoms with Gasteiger partial charge in [0.1, 0.15) is 0 Å². The number of hydrogen-bond donors (Lipinski definition) is 1. The number of rotatable bonds is 3. The summed E-state index contributed by atoms with van der Waals surface area (Å²) in [6.07, 6.45) is 7.04. The molecule has 1 N–H and O–H groups in total. The summed E-state index contributed by atoms with van der Waals surface area (Å²) in [5, 5.41) is 10.1. The highest BCUT2D eigenvalue weighted by molar-refractivity contribution is 4.94. The number of hydrogen-bond acceptors (Lipinski definition) is 2. The van der Waals surface area contributed by atoms with E-state index in [9.17, 15) is 5.11 Å². The van der Waals surface area contributed by atoms with Crippen molar-refractivity contribution in [3.8, 4) is 0 Å². The standard InChI is InChI=1S/C11H20O2/c1-9-4-6-11(9,12)7-5-10-3-2-8-13-10/h9-10,12H,2-8H2,1H3. The predicted molar refractivity (Wildman–Crippen MR) is 51.6 cm³/mol. The molecule has 0 spiro atoms. The Labute approximate surface area is 80.3 Å². The van der Waals surface area contributed by atoms with Gasteiger partial charge in [0.2, 0.25) is 0 Å². The highest BCUT2D eigenvalue weighted by Crippen LogP contribution is 2.42. The summed E-state index contributed by atoms with van der Waals surface area (Å²) in [6.45, 7) is 3.08. The first-order chi connectivity index (χ1) is 6.21. The maximum atomic E-state index is 10.1. The maximum Gasteiger partial charge on any atom is 0.0674 e. The third-order valence-corrected chi connectivity index (χ3v) is 3.85. The molecule has 0 amide bonds. The Bertz CT molecular complexity index is 175. The van der Waals surface area contributed by atoms with Crippen molar-refractivity contribution in [3.05, 3.63) is 0 Å². The van der Waals surface area contributed by atoms with Crippen molar-refractivity contribution in [2.75, 3.05) is 6.61 Å². The van der Waals surface area contributed by atoms with Gasteiger partial charge < -0.3 is 9.84 Å². The van der Waals surface area contributed by atoms with Gasteiger partial charge in [-0.15, -0.1) is 0 Å². The van der Waals surface area contributed by atoms with Crippen molar-refractivity contribution in [1.29, 1.82) is 0 Å². The van der Waals surface area contributed by atoms with Crippen LogP contribution in [-0.2, 0) is 4.74 Å². The van der Waals surface area contributed by atoms with E-state index >= 15 is 0 Å². The summed E-state index contributed by atoms with van der Waals surface area (Å²) in [5.41, 5.74) is -0.341. The molecule has 1 saturated carbocycles. The summed E-state index contributed by atoms with van der Waals surface area (Å²) < 4.78 is 5.54. The maximum absolute atomic E-state index is 10.1. The van der Waals surface area contributed by atoms with Crippen LogP contribution in [-0.4, -0.2) is 23.4 Å². The molecule has 1 aliphatic heterocycles. The second-order valence-electron chi connectivity index (χ2n) is 4.72. The van der Waals surface area contributed by atoms with E-state index in [1.807, 2.05) is 0 Å². The minimum Gasteiger partial charge on any atom is -0.390 e. The van der Waals surface area contributed by atoms with Gasteiger partial charge in [-0.3, -0.25) is 0 Å². The fourth-order valence-corrected chi connectivity index (χ4v) is 2.42. The summed E-state index contributed by atoms with van der Waals surface area (Å²) in [6, 6.07) is 0. The van der Waals surface area contributed by atoms with Gasteiger partial charge in [0.15, 0.2) is 0 Å². The first-order valence-electron chi connectivity index (χ1n) is 5.55. The molecule has 76 valence electrons. The van der Waals surface area contributed by atoms with Crippen LogP contribution in [0.4, 0.5) is 0 Å². The molecular weight excluding hydrogens is 164 g/mol. The van der Waals surface area contributed by atoms with Crippen molar-refractivity contribution in [2.24, 2.45) is 5.92 Å². The zero-order chi connectivity index (χ0) is 9.31. The molecule has 2 heteroatoms. The number of ether oxygens (including phenoxy) is 1. The summed E-state index contributed by atoms with van der Waals surface area (Å²) in [7, 11) is 0. The van der Waals surface area contributed by atoms with Crippen LogP contribution < -0.4 is 0 Å². The van der Waals surface area contributed by atoms with E-state index in [1.165, 1.54) is 19.3 Å². The van der Waals surface area contributed by atoms with Gasteiger partial charge in [-0.2, -0.15) is 0 Å². The van der Waals surface area contributed by atoms with E-state index in [0.717, 1.165) is 25.9 Å². The van der Waals surface area contributed by atoms with Gasteiger partial charge in [-0.05, 0) is 44.4 Å². The van der Waals surface area contributed by atoms with Crippen LogP contribution in [0.1, 0.15) is 45.4 Å². The topological polar surface area (TPSA) is 29.5 Å². The molecule has 2 nitrogen and oxygen atoms in total. The van der Waals surface area contributed by atoms with Gasteiger partial charge in [-0.25, -0.2) is 0 Å². The molecule has 1 saturated heterocycles. The molecular formula is C11H20O2. The molecule has 0 aromatic rings. The average molecular weight is 184 g/mol. The molecule has 1 aliphatic carbocycles. The minimum atomic E-state index is -0.341. The largest absolute Gasteiger partial charge is 0.390 e. The molecule has 3 unspecified atom stereocenters. The molecule has 0 radical (unpaired) electrons. The molecule has 2 aliphatic rings. The highest BCUT2D eigenvalue weighted by Gasteiger charge is 2.41. The first-order valence-corrected chi connectivity index (χ1v) is 5.55. The monoisotopic (exact) mass is 184 g/mol. The van der Waals surface area contributed by atoms with Crippen LogP contribution in [0.15, 0.2) is 0 Å². The zero-order valence-corrected chi connectivity index (χ0v) is 8.46. The van der Waals surface area contributed by atoms with E-state index in [2.05, 4.69) is 6.92 Å². The lowest BCUT2D eigenvalue weighted by atomic mass is 9.68. The SMILES string of the molecule is CC1CCC1(O)CCC1CCCO1. The van der Waals surface area contributed by atoms with E-state index < -0.39 is 0 Å². The molecule has 0 aromatic carbocycles. The molecule has 3 atom stereocenters. The fraction of sp³-hybridized carbons (Fsp3) is 1.00. The molecule has 2 fully saturated rings. The third-order valence-electron chi connectivity index (χ3n) is 3.85. The van der Waals surface area contributed by atoms with Crippen LogP contribution >= 0.6 is 0 Å². The Morgan fingerprint density at radius 3 is 2.77 bits per heavy atom.